The summed E-state index contributed by atoms with van der Waals surface area (Å²) in [5.41, 5.74) is 0.832. The highest BCUT2D eigenvalue weighted by Crippen LogP contribution is 2.29. The third kappa shape index (κ3) is 6.77. The molecule has 0 radical (unpaired) electrons. The Hall–Kier alpha value is -3.11. The van der Waals surface area contributed by atoms with Gasteiger partial charge >= 0.3 is 6.09 Å². The number of nitrogens with one attached hydrogen (secondary N) is 2. The van der Waals surface area contributed by atoms with Crippen LogP contribution in [0.15, 0.2) is 58.9 Å². The average Bonchev–Trinajstić information content (AvgIpc) is 3.16. The fraction of sp³-hybridized carbons (Fsp3) is 0.158. The number of para-hydroxylation sites is 1. The number of amides is 2. The van der Waals surface area contributed by atoms with Gasteiger partial charge in [0.2, 0.25) is 11.0 Å². The van der Waals surface area contributed by atoms with Crippen molar-refractivity contribution < 1.29 is 19.1 Å². The van der Waals surface area contributed by atoms with E-state index in [1.165, 1.54) is 23.1 Å². The maximum absolute atomic E-state index is 11.7. The maximum atomic E-state index is 11.7. The van der Waals surface area contributed by atoms with Gasteiger partial charge in [-0.2, -0.15) is 0 Å². The molecule has 0 bridgehead atoms. The Morgan fingerprint density at radius 2 is 1.76 bits per heavy atom. The molecule has 1 aromatic heterocycles. The molecule has 29 heavy (non-hydrogen) atoms. The van der Waals surface area contributed by atoms with Crippen LogP contribution < -0.4 is 15.4 Å². The molecule has 0 fully saturated rings. The minimum Gasteiger partial charge on any atom is -0.457 e. The lowest BCUT2D eigenvalue weighted by Crippen LogP contribution is -2.32. The van der Waals surface area contributed by atoms with Gasteiger partial charge in [0.05, 0.1) is 12.4 Å². The number of hydrogen-bond donors (Lipinski definition) is 2. The first kappa shape index (κ1) is 20.6. The highest BCUT2D eigenvalue weighted by atomic mass is 32.2. The number of benzene rings is 2. The lowest BCUT2D eigenvalue weighted by molar-refractivity contribution is -0.117. The van der Waals surface area contributed by atoms with Gasteiger partial charge in [-0.1, -0.05) is 41.3 Å². The predicted octanol–water partition coefficient (Wildman–Crippen LogP) is 4.44. The number of imide groups is 1. The van der Waals surface area contributed by atoms with Crippen LogP contribution in [0.5, 0.6) is 11.5 Å². The van der Waals surface area contributed by atoms with Crippen LogP contribution in [0.25, 0.3) is 0 Å². The van der Waals surface area contributed by atoms with Gasteiger partial charge in [0.25, 0.3) is 0 Å². The van der Waals surface area contributed by atoms with Gasteiger partial charge in [-0.05, 0) is 43.3 Å². The Bertz CT molecular complexity index is 948. The molecule has 0 unspecified atom stereocenters. The molecular formula is C19H18N4O4S2. The van der Waals surface area contributed by atoms with Crippen molar-refractivity contribution in [3.8, 4) is 11.5 Å². The van der Waals surface area contributed by atoms with Crippen molar-refractivity contribution in [3.05, 3.63) is 54.6 Å². The molecule has 0 saturated heterocycles. The first-order chi connectivity index (χ1) is 14.1. The van der Waals surface area contributed by atoms with Crippen LogP contribution in [0.4, 0.5) is 15.6 Å². The number of carbonyl (C=O) groups excluding carboxylic acids is 2. The number of ether oxygens (including phenoxy) is 2. The first-order valence-corrected chi connectivity index (χ1v) is 10.5. The lowest BCUT2D eigenvalue weighted by atomic mass is 10.3. The quantitative estimate of drug-likeness (QED) is 0.506. The second kappa shape index (κ2) is 10.4. The van der Waals surface area contributed by atoms with E-state index in [0.717, 1.165) is 17.2 Å². The average molecular weight is 431 g/mol. The molecule has 0 aliphatic rings. The van der Waals surface area contributed by atoms with Crippen molar-refractivity contribution in [2.24, 2.45) is 0 Å². The van der Waals surface area contributed by atoms with Crippen LogP contribution >= 0.6 is 23.1 Å². The van der Waals surface area contributed by atoms with Crippen molar-refractivity contribution in [1.29, 1.82) is 0 Å². The second-order valence-electron chi connectivity index (χ2n) is 5.49. The van der Waals surface area contributed by atoms with Gasteiger partial charge in [0.1, 0.15) is 11.5 Å². The highest BCUT2D eigenvalue weighted by Gasteiger charge is 2.11. The number of alkyl carbamates (subject to hydrolysis) is 1. The van der Waals surface area contributed by atoms with Crippen LogP contribution in [0.3, 0.4) is 0 Å². The van der Waals surface area contributed by atoms with E-state index in [4.69, 9.17) is 4.74 Å². The molecule has 150 valence electrons. The van der Waals surface area contributed by atoms with Crippen LogP contribution in [-0.2, 0) is 9.53 Å². The molecule has 2 aromatic carbocycles. The normalized spacial score (nSPS) is 10.2. The van der Waals surface area contributed by atoms with Gasteiger partial charge in [-0.25, -0.2) is 4.79 Å². The fourth-order valence-corrected chi connectivity index (χ4v) is 3.69. The van der Waals surface area contributed by atoms with Gasteiger partial charge < -0.3 is 14.8 Å². The van der Waals surface area contributed by atoms with E-state index in [9.17, 15) is 9.59 Å². The van der Waals surface area contributed by atoms with Gasteiger partial charge in [-0.15, -0.1) is 10.2 Å². The minimum absolute atomic E-state index is 0.0406. The third-order valence-corrected chi connectivity index (χ3v) is 5.31. The van der Waals surface area contributed by atoms with E-state index in [-0.39, 0.29) is 12.4 Å². The Labute approximate surface area is 175 Å². The Balaban J connectivity index is 1.48. The molecule has 3 rings (SSSR count). The zero-order valence-electron chi connectivity index (χ0n) is 15.5. The number of carbonyl (C=O) groups is 2. The highest BCUT2D eigenvalue weighted by molar-refractivity contribution is 8.01. The smallest absolute Gasteiger partial charge is 0.413 e. The monoisotopic (exact) mass is 430 g/mol. The predicted molar refractivity (Wildman–Crippen MR) is 112 cm³/mol. The van der Waals surface area contributed by atoms with E-state index in [1.54, 1.807) is 6.92 Å². The molecule has 0 spiro atoms. The molecule has 10 heteroatoms. The van der Waals surface area contributed by atoms with Gasteiger partial charge in [-0.3, -0.25) is 10.1 Å². The maximum Gasteiger partial charge on any atom is 0.413 e. The molecule has 0 atom stereocenters. The molecular weight excluding hydrogens is 412 g/mol. The first-order valence-electron chi connectivity index (χ1n) is 8.65. The zero-order chi connectivity index (χ0) is 20.5. The van der Waals surface area contributed by atoms with Crippen molar-refractivity contribution in [2.75, 3.05) is 17.7 Å². The summed E-state index contributed by atoms with van der Waals surface area (Å²) >= 11 is 2.50. The zero-order valence-corrected chi connectivity index (χ0v) is 17.1. The minimum atomic E-state index is -0.752. The van der Waals surface area contributed by atoms with E-state index >= 15 is 0 Å². The number of nitrogens with zero attached hydrogens (tertiary/aromatic N) is 2. The van der Waals surface area contributed by atoms with E-state index in [1.807, 2.05) is 54.6 Å². The van der Waals surface area contributed by atoms with Crippen molar-refractivity contribution in [3.63, 3.8) is 0 Å². The fourth-order valence-electron chi connectivity index (χ4n) is 2.12. The Morgan fingerprint density at radius 1 is 1.03 bits per heavy atom. The molecule has 0 aliphatic carbocycles. The van der Waals surface area contributed by atoms with Crippen molar-refractivity contribution in [2.45, 2.75) is 11.3 Å². The summed E-state index contributed by atoms with van der Waals surface area (Å²) in [5, 5.41) is 13.9. The molecule has 8 nitrogen and oxygen atoms in total. The summed E-state index contributed by atoms with van der Waals surface area (Å²) in [4.78, 5) is 22.8. The third-order valence-electron chi connectivity index (χ3n) is 3.33. The summed E-state index contributed by atoms with van der Waals surface area (Å²) in [6.07, 6.45) is -0.752. The van der Waals surface area contributed by atoms with Gasteiger partial charge in [0.15, 0.2) is 4.34 Å². The second-order valence-corrected chi connectivity index (χ2v) is 7.69. The summed E-state index contributed by atoms with van der Waals surface area (Å²) < 4.78 is 11.0. The SMILES string of the molecule is CCOC(=O)NC(=O)CSc1nnc(Nc2ccc(Oc3ccccc3)cc2)s1. The summed E-state index contributed by atoms with van der Waals surface area (Å²) in [5.74, 6) is 1.08. The van der Waals surface area contributed by atoms with Gasteiger partial charge in [0, 0.05) is 5.69 Å². The summed E-state index contributed by atoms with van der Waals surface area (Å²) in [6, 6.07) is 17.0. The molecule has 0 aliphatic heterocycles. The summed E-state index contributed by atoms with van der Waals surface area (Å²) in [7, 11) is 0. The van der Waals surface area contributed by atoms with Crippen molar-refractivity contribution in [1.82, 2.24) is 15.5 Å². The number of hydrogen-bond acceptors (Lipinski definition) is 9. The number of thioether (sulfide) groups is 1. The molecule has 3 aromatic rings. The number of rotatable bonds is 8. The topological polar surface area (TPSA) is 102 Å². The van der Waals surface area contributed by atoms with E-state index in [0.29, 0.717) is 9.47 Å². The standard InChI is InChI=1S/C19H18N4O4S2/c1-2-26-18(25)21-16(24)12-28-19-23-22-17(29-19)20-13-8-10-15(11-9-13)27-14-6-4-3-5-7-14/h3-11H,2,12H2,1H3,(H,20,22)(H,21,24,25). The van der Waals surface area contributed by atoms with Crippen LogP contribution in [-0.4, -0.2) is 34.6 Å². The number of aromatic nitrogens is 2. The van der Waals surface area contributed by atoms with Crippen LogP contribution in [0, 0.1) is 0 Å². The lowest BCUT2D eigenvalue weighted by Gasteiger charge is -2.06. The summed E-state index contributed by atoms with van der Waals surface area (Å²) in [6.45, 7) is 1.87. The van der Waals surface area contributed by atoms with Crippen molar-refractivity contribution >= 4 is 45.9 Å². The molecule has 2 amide bonds. The van der Waals surface area contributed by atoms with E-state index < -0.39 is 12.0 Å². The molecule has 0 saturated carbocycles. The Kier molecular flexibility index (Phi) is 7.42. The van der Waals surface area contributed by atoms with E-state index in [2.05, 4.69) is 25.6 Å². The molecule has 1 heterocycles. The molecule has 2 N–H and O–H groups in total. The van der Waals surface area contributed by atoms with Crippen LogP contribution in [0.1, 0.15) is 6.92 Å². The van der Waals surface area contributed by atoms with Crippen LogP contribution in [0.2, 0.25) is 0 Å². The Morgan fingerprint density at radius 3 is 2.48 bits per heavy atom. The largest absolute Gasteiger partial charge is 0.457 e. The number of anilines is 2.